The van der Waals surface area contributed by atoms with Crippen molar-refractivity contribution in [3.63, 3.8) is 0 Å². The lowest BCUT2D eigenvalue weighted by Crippen LogP contribution is -1.69. The summed E-state index contributed by atoms with van der Waals surface area (Å²) < 4.78 is 0. The second-order valence-electron chi connectivity index (χ2n) is 0.908. The normalized spacial score (nSPS) is 6.50. The first-order chi connectivity index (χ1) is 1.73. The summed E-state index contributed by atoms with van der Waals surface area (Å²) in [5, 5.41) is 0. The number of carbonyl (C=O) groups excluding carboxylic acids is 1. The van der Waals surface area contributed by atoms with Crippen molar-refractivity contribution in [3.8, 4) is 0 Å². The predicted molar refractivity (Wildman–Crippen MR) is 16.4 cm³/mol. The minimum Gasteiger partial charge on any atom is -0.300 e. The number of hydrogen-bond donors (Lipinski definition) is 0. The summed E-state index contributed by atoms with van der Waals surface area (Å²) in [5.74, 6) is 0.167. The molecule has 0 aliphatic carbocycles. The summed E-state index contributed by atoms with van der Waals surface area (Å²) in [4.78, 5) is 9.44. The molecule has 0 atom stereocenters. The highest BCUT2D eigenvalue weighted by Crippen LogP contribution is 1.50. The van der Waals surface area contributed by atoms with E-state index in [2.05, 4.69) is 0 Å². The van der Waals surface area contributed by atoms with Gasteiger partial charge in [-0.1, -0.05) is 0 Å². The van der Waals surface area contributed by atoms with Crippen molar-refractivity contribution in [1.29, 1.82) is 0 Å². The van der Waals surface area contributed by atoms with Gasteiger partial charge < -0.3 is 4.79 Å². The van der Waals surface area contributed by atoms with Gasteiger partial charge in [0.2, 0.25) is 0 Å². The molecular formula is C3H6O. The Bertz CT molecular complexity index is 26.3. The van der Waals surface area contributed by atoms with Gasteiger partial charge in [0.15, 0.2) is 0 Å². The van der Waals surface area contributed by atoms with Crippen LogP contribution in [0.2, 0.25) is 0 Å². The van der Waals surface area contributed by atoms with Gasteiger partial charge in [-0.3, -0.25) is 0 Å². The van der Waals surface area contributed by atoms with Gasteiger partial charge in [0.05, 0.1) is 0 Å². The maximum absolute atomic E-state index is 9.44. The average molecular weight is 60.1 g/mol. The van der Waals surface area contributed by atoms with E-state index in [-0.39, 0.29) is 5.78 Å². The summed E-state index contributed by atoms with van der Waals surface area (Å²) in [5.41, 5.74) is 0. The summed E-state index contributed by atoms with van der Waals surface area (Å²) in [7, 11) is 0. The molecule has 0 aromatic carbocycles. The van der Waals surface area contributed by atoms with Crippen molar-refractivity contribution in [2.75, 3.05) is 0 Å². The van der Waals surface area contributed by atoms with Crippen LogP contribution in [0.4, 0.5) is 0 Å². The molecule has 0 unspecified atom stereocenters. The van der Waals surface area contributed by atoms with Crippen LogP contribution in [0, 0.1) is 0 Å². The van der Waals surface area contributed by atoms with Crippen molar-refractivity contribution in [2.24, 2.45) is 0 Å². The molecule has 0 aliphatic rings. The van der Waals surface area contributed by atoms with Crippen LogP contribution < -0.4 is 0 Å². The van der Waals surface area contributed by atoms with Crippen LogP contribution in [0.1, 0.15) is 13.8 Å². The van der Waals surface area contributed by atoms with Crippen LogP contribution in [0.3, 0.4) is 0 Å². The van der Waals surface area contributed by atoms with Gasteiger partial charge in [0.25, 0.3) is 0 Å². The van der Waals surface area contributed by atoms with Crippen molar-refractivity contribution < 1.29 is 4.79 Å². The molecular weight excluding hydrogens is 54.0 g/mol. The maximum atomic E-state index is 9.44. The second kappa shape index (κ2) is 1.04. The molecule has 0 saturated heterocycles. The molecule has 0 heterocycles. The van der Waals surface area contributed by atoms with E-state index in [1.807, 2.05) is 0 Å². The lowest BCUT2D eigenvalue weighted by Gasteiger charge is -1.56. The van der Waals surface area contributed by atoms with Gasteiger partial charge in [-0.05, 0) is 13.8 Å². The van der Waals surface area contributed by atoms with Crippen LogP contribution in [0.5, 0.6) is 0 Å². The zero-order valence-corrected chi connectivity index (χ0v) is 2.91. The molecule has 0 bridgehead atoms. The zero-order chi connectivity index (χ0) is 3.58. The molecule has 0 radical (unpaired) electrons. The zero-order valence-electron chi connectivity index (χ0n) is 2.91. The van der Waals surface area contributed by atoms with E-state index in [0.717, 1.165) is 0 Å². The SMILES string of the molecule is C[13C]([13CH3])=O. The number of Topliss-reactive ketones (excluding diaryl/α,β-unsaturated/α-hetero) is 1. The van der Waals surface area contributed by atoms with E-state index in [9.17, 15) is 4.79 Å². The smallest absolute Gasteiger partial charge is 0.126 e. The molecule has 0 N–H and O–H groups in total. The molecule has 0 aromatic heterocycles. The van der Waals surface area contributed by atoms with Crippen LogP contribution in [0.25, 0.3) is 0 Å². The molecule has 0 spiro atoms. The summed E-state index contributed by atoms with van der Waals surface area (Å²) in [6, 6.07) is 0. The van der Waals surface area contributed by atoms with Crippen LogP contribution in [-0.4, -0.2) is 5.78 Å². The number of hydrogen-bond acceptors (Lipinski definition) is 1. The molecule has 0 aliphatic heterocycles. The first-order valence-corrected chi connectivity index (χ1v) is 1.20. The van der Waals surface area contributed by atoms with Crippen molar-refractivity contribution in [1.82, 2.24) is 0 Å². The molecule has 0 rings (SSSR count). The Hall–Kier alpha value is -0.330. The van der Waals surface area contributed by atoms with Crippen LogP contribution >= 0.6 is 0 Å². The predicted octanol–water partition coefficient (Wildman–Crippen LogP) is 0.595. The first-order valence-electron chi connectivity index (χ1n) is 1.20. The maximum Gasteiger partial charge on any atom is 0.126 e. The molecule has 0 amide bonds. The minimum atomic E-state index is 0.167. The lowest BCUT2D eigenvalue weighted by molar-refractivity contribution is -0.114. The second-order valence-corrected chi connectivity index (χ2v) is 0.908. The van der Waals surface area contributed by atoms with Gasteiger partial charge in [0, 0.05) is 0 Å². The summed E-state index contributed by atoms with van der Waals surface area (Å²) in [6.45, 7) is 3.06. The minimum absolute atomic E-state index is 0.167. The van der Waals surface area contributed by atoms with Crippen LogP contribution in [0.15, 0.2) is 0 Å². The molecule has 0 saturated carbocycles. The first kappa shape index (κ1) is 3.67. The molecule has 4 heavy (non-hydrogen) atoms. The monoisotopic (exact) mass is 60.0 g/mol. The summed E-state index contributed by atoms with van der Waals surface area (Å²) in [6.07, 6.45) is 0. The lowest BCUT2D eigenvalue weighted by atomic mass is 11.2. The topological polar surface area (TPSA) is 17.1 Å². The number of rotatable bonds is 0. The molecule has 0 aromatic rings. The van der Waals surface area contributed by atoms with Crippen LogP contribution in [-0.2, 0) is 4.79 Å². The quantitative estimate of drug-likeness (QED) is 0.374. The molecule has 24 valence electrons. The van der Waals surface area contributed by atoms with Gasteiger partial charge in [-0.15, -0.1) is 0 Å². The Balaban J connectivity index is 2.80. The highest BCUT2D eigenvalue weighted by Gasteiger charge is 1.62. The fourth-order valence-corrected chi connectivity index (χ4v) is 0. The van der Waals surface area contributed by atoms with Crippen molar-refractivity contribution in [3.05, 3.63) is 0 Å². The molecule has 1 heteroatoms. The third-order valence-corrected chi connectivity index (χ3v) is 0. The highest BCUT2D eigenvalue weighted by molar-refractivity contribution is 5.72. The number of ketones is 1. The van der Waals surface area contributed by atoms with Crippen molar-refractivity contribution >= 4 is 5.78 Å². The Kier molecular flexibility index (Phi) is 0.958. The standard InChI is InChI=1S/C3H6O/c1-3(2)4/h1-2H3/i1+1,3+1. The van der Waals surface area contributed by atoms with E-state index in [4.69, 9.17) is 0 Å². The van der Waals surface area contributed by atoms with E-state index < -0.39 is 0 Å². The van der Waals surface area contributed by atoms with E-state index in [1.165, 1.54) is 13.8 Å². The van der Waals surface area contributed by atoms with Gasteiger partial charge in [-0.25, -0.2) is 0 Å². The largest absolute Gasteiger partial charge is 0.300 e. The van der Waals surface area contributed by atoms with E-state index in [0.29, 0.717) is 0 Å². The molecule has 0 fully saturated rings. The fraction of sp³-hybridized carbons (Fsp3) is 0.667. The van der Waals surface area contributed by atoms with Gasteiger partial charge >= 0.3 is 0 Å². The van der Waals surface area contributed by atoms with E-state index >= 15 is 0 Å². The molecule has 1 nitrogen and oxygen atoms in total. The van der Waals surface area contributed by atoms with Gasteiger partial charge in [0.1, 0.15) is 5.78 Å². The third kappa shape index (κ3) is 6.88. The Morgan fingerprint density at radius 1 is 1.50 bits per heavy atom. The average Bonchev–Trinajstić information content (AvgIpc) is 0.811. The number of carbonyl (C=O) groups is 1. The Morgan fingerprint density at radius 3 is 1.50 bits per heavy atom. The fourth-order valence-electron chi connectivity index (χ4n) is 0. The third-order valence-electron chi connectivity index (χ3n) is 0. The van der Waals surface area contributed by atoms with Gasteiger partial charge in [-0.2, -0.15) is 0 Å². The highest BCUT2D eigenvalue weighted by atomic mass is 16.2. The Morgan fingerprint density at radius 2 is 1.50 bits per heavy atom. The van der Waals surface area contributed by atoms with E-state index in [1.54, 1.807) is 0 Å². The van der Waals surface area contributed by atoms with Crippen molar-refractivity contribution in [2.45, 2.75) is 13.8 Å². The Labute approximate surface area is 25.6 Å². The summed E-state index contributed by atoms with van der Waals surface area (Å²) >= 11 is 0.